The van der Waals surface area contributed by atoms with Gasteiger partial charge in [0.15, 0.2) is 11.0 Å². The van der Waals surface area contributed by atoms with Gasteiger partial charge in [-0.15, -0.1) is 10.2 Å². The molecule has 0 aliphatic rings. The molecule has 1 amide bonds. The number of pyridine rings is 1. The van der Waals surface area contributed by atoms with Gasteiger partial charge in [-0.1, -0.05) is 23.9 Å². The number of rotatable bonds is 8. The van der Waals surface area contributed by atoms with Crippen molar-refractivity contribution in [3.8, 4) is 22.8 Å². The number of benzene rings is 2. The molecule has 0 atom stereocenters. The van der Waals surface area contributed by atoms with Crippen molar-refractivity contribution in [3.05, 3.63) is 78.9 Å². The van der Waals surface area contributed by atoms with Crippen LogP contribution in [0.25, 0.3) is 17.1 Å². The highest BCUT2D eigenvalue weighted by Gasteiger charge is 2.20. The zero-order chi connectivity index (χ0) is 22.3. The first-order valence-electron chi connectivity index (χ1n) is 9.92. The van der Waals surface area contributed by atoms with Crippen molar-refractivity contribution in [1.29, 1.82) is 0 Å². The summed E-state index contributed by atoms with van der Waals surface area (Å²) in [5.41, 5.74) is 2.07. The van der Waals surface area contributed by atoms with Gasteiger partial charge in [-0.05, 0) is 55.5 Å². The van der Waals surface area contributed by atoms with Gasteiger partial charge in [0.1, 0.15) is 11.6 Å². The maximum atomic E-state index is 13.1. The molecule has 7 nitrogen and oxygen atoms in total. The number of nitrogens with one attached hydrogen (secondary N) is 1. The van der Waals surface area contributed by atoms with E-state index >= 15 is 0 Å². The van der Waals surface area contributed by atoms with E-state index in [0.717, 1.165) is 11.3 Å². The lowest BCUT2D eigenvalue weighted by atomic mass is 10.2. The Hall–Kier alpha value is -3.72. The Morgan fingerprint density at radius 1 is 1.09 bits per heavy atom. The van der Waals surface area contributed by atoms with Gasteiger partial charge >= 0.3 is 0 Å². The number of hydrogen-bond acceptors (Lipinski definition) is 6. The quantitative estimate of drug-likeness (QED) is 0.396. The molecule has 4 rings (SSSR count). The second-order valence-corrected chi connectivity index (χ2v) is 7.57. The number of aromatic nitrogens is 4. The lowest BCUT2D eigenvalue weighted by Gasteiger charge is -2.14. The Balaban J connectivity index is 1.63. The van der Waals surface area contributed by atoms with Crippen LogP contribution in [0.3, 0.4) is 0 Å². The molecule has 0 radical (unpaired) electrons. The molecule has 0 saturated carbocycles. The molecule has 0 unspecified atom stereocenters. The number of carbonyl (C=O) groups is 1. The van der Waals surface area contributed by atoms with E-state index in [4.69, 9.17) is 4.74 Å². The van der Waals surface area contributed by atoms with Crippen LogP contribution in [0.2, 0.25) is 0 Å². The molecule has 0 bridgehead atoms. The minimum atomic E-state index is -0.360. The van der Waals surface area contributed by atoms with Gasteiger partial charge in [0.25, 0.3) is 0 Å². The van der Waals surface area contributed by atoms with Crippen LogP contribution in [0.5, 0.6) is 5.75 Å². The first-order valence-corrected chi connectivity index (χ1v) is 10.9. The smallest absolute Gasteiger partial charge is 0.234 e. The summed E-state index contributed by atoms with van der Waals surface area (Å²) in [7, 11) is 0. The van der Waals surface area contributed by atoms with Crippen LogP contribution in [0, 0.1) is 5.82 Å². The average molecular weight is 450 g/mol. The Labute approximate surface area is 188 Å². The fraction of sp³-hybridized carbons (Fsp3) is 0.130. The molecule has 2 heterocycles. The lowest BCUT2D eigenvalue weighted by molar-refractivity contribution is -0.113. The highest BCUT2D eigenvalue weighted by Crippen LogP contribution is 2.32. The summed E-state index contributed by atoms with van der Waals surface area (Å²) < 4.78 is 20.7. The predicted molar refractivity (Wildman–Crippen MR) is 122 cm³/mol. The zero-order valence-electron chi connectivity index (χ0n) is 17.2. The maximum Gasteiger partial charge on any atom is 0.234 e. The summed E-state index contributed by atoms with van der Waals surface area (Å²) in [5.74, 6) is 0.766. The normalized spacial score (nSPS) is 10.7. The number of ether oxygens (including phenoxy) is 1. The molecule has 162 valence electrons. The number of hydrogen-bond donors (Lipinski definition) is 1. The minimum Gasteiger partial charge on any atom is -0.492 e. The lowest BCUT2D eigenvalue weighted by Crippen LogP contribution is -2.14. The van der Waals surface area contributed by atoms with Gasteiger partial charge in [-0.3, -0.25) is 14.3 Å². The molecule has 0 spiro atoms. The monoisotopic (exact) mass is 449 g/mol. The topological polar surface area (TPSA) is 81.9 Å². The summed E-state index contributed by atoms with van der Waals surface area (Å²) in [5, 5.41) is 12.0. The van der Waals surface area contributed by atoms with Crippen LogP contribution in [0.4, 0.5) is 10.1 Å². The van der Waals surface area contributed by atoms with Crippen molar-refractivity contribution in [1.82, 2.24) is 19.7 Å². The highest BCUT2D eigenvalue weighted by molar-refractivity contribution is 7.99. The van der Waals surface area contributed by atoms with Crippen LogP contribution >= 0.6 is 11.8 Å². The van der Waals surface area contributed by atoms with Crippen LogP contribution in [0.15, 0.2) is 78.2 Å². The molecule has 0 aliphatic heterocycles. The molecule has 4 aromatic rings. The summed E-state index contributed by atoms with van der Waals surface area (Å²) in [4.78, 5) is 16.6. The van der Waals surface area contributed by atoms with Gasteiger partial charge in [0, 0.05) is 23.6 Å². The summed E-state index contributed by atoms with van der Waals surface area (Å²) in [6.45, 7) is 2.42. The molecule has 0 aliphatic carbocycles. The molecule has 0 fully saturated rings. The second kappa shape index (κ2) is 10.1. The fourth-order valence-corrected chi connectivity index (χ4v) is 3.79. The van der Waals surface area contributed by atoms with Gasteiger partial charge in [-0.2, -0.15) is 0 Å². The first kappa shape index (κ1) is 21.5. The number of anilines is 1. The summed E-state index contributed by atoms with van der Waals surface area (Å²) >= 11 is 1.24. The van der Waals surface area contributed by atoms with E-state index < -0.39 is 0 Å². The van der Waals surface area contributed by atoms with Crippen molar-refractivity contribution in [3.63, 3.8) is 0 Å². The predicted octanol–water partition coefficient (Wildman–Crippen LogP) is 4.60. The molecule has 1 N–H and O–H groups in total. The standard InChI is InChI=1S/C23H20FN5O2S/c1-2-31-20-8-4-3-7-19(20)29-22(16-6-5-13-25-14-16)27-28-23(29)32-15-21(30)26-18-11-9-17(24)10-12-18/h3-14H,2,15H2,1H3,(H,26,30). The Morgan fingerprint density at radius 2 is 1.91 bits per heavy atom. The van der Waals surface area contributed by atoms with Gasteiger partial charge in [-0.25, -0.2) is 4.39 Å². The maximum absolute atomic E-state index is 13.1. The van der Waals surface area contributed by atoms with Gasteiger partial charge < -0.3 is 10.1 Å². The number of para-hydroxylation sites is 2. The van der Waals surface area contributed by atoms with Crippen LogP contribution < -0.4 is 10.1 Å². The summed E-state index contributed by atoms with van der Waals surface area (Å²) in [6.07, 6.45) is 3.40. The van der Waals surface area contributed by atoms with Crippen molar-refractivity contribution < 1.29 is 13.9 Å². The Kier molecular flexibility index (Phi) is 6.76. The minimum absolute atomic E-state index is 0.0966. The third-order valence-electron chi connectivity index (χ3n) is 4.42. The van der Waals surface area contributed by atoms with E-state index in [9.17, 15) is 9.18 Å². The number of amides is 1. The molecular formula is C23H20FN5O2S. The Morgan fingerprint density at radius 3 is 2.66 bits per heavy atom. The Bertz CT molecular complexity index is 1200. The third-order valence-corrected chi connectivity index (χ3v) is 5.35. The van der Waals surface area contributed by atoms with Crippen LogP contribution in [0.1, 0.15) is 6.92 Å². The largest absolute Gasteiger partial charge is 0.492 e. The molecule has 32 heavy (non-hydrogen) atoms. The van der Waals surface area contributed by atoms with E-state index in [2.05, 4.69) is 20.5 Å². The van der Waals surface area contributed by atoms with Crippen LogP contribution in [-0.4, -0.2) is 38.0 Å². The van der Waals surface area contributed by atoms with Crippen LogP contribution in [-0.2, 0) is 4.79 Å². The molecular weight excluding hydrogens is 429 g/mol. The number of thioether (sulfide) groups is 1. The van der Waals surface area contributed by atoms with E-state index in [1.54, 1.807) is 12.4 Å². The third kappa shape index (κ3) is 4.94. The van der Waals surface area contributed by atoms with E-state index in [0.29, 0.717) is 29.0 Å². The molecule has 9 heteroatoms. The molecule has 2 aromatic carbocycles. The van der Waals surface area contributed by atoms with Crippen molar-refractivity contribution in [2.24, 2.45) is 0 Å². The highest BCUT2D eigenvalue weighted by atomic mass is 32.2. The first-order chi connectivity index (χ1) is 15.7. The SMILES string of the molecule is CCOc1ccccc1-n1c(SCC(=O)Nc2ccc(F)cc2)nnc1-c1cccnc1. The summed E-state index contributed by atoms with van der Waals surface area (Å²) in [6, 6.07) is 16.9. The van der Waals surface area contributed by atoms with E-state index in [-0.39, 0.29) is 17.5 Å². The average Bonchev–Trinajstić information content (AvgIpc) is 3.24. The fourth-order valence-electron chi connectivity index (χ4n) is 3.04. The number of halogens is 1. The van der Waals surface area contributed by atoms with Crippen molar-refractivity contribution in [2.45, 2.75) is 12.1 Å². The number of carbonyl (C=O) groups excluding carboxylic acids is 1. The molecule has 2 aromatic heterocycles. The molecule has 0 saturated heterocycles. The van der Waals surface area contributed by atoms with Crippen molar-refractivity contribution >= 4 is 23.4 Å². The van der Waals surface area contributed by atoms with Gasteiger partial charge in [0.05, 0.1) is 18.0 Å². The van der Waals surface area contributed by atoms with E-state index in [1.807, 2.05) is 47.9 Å². The van der Waals surface area contributed by atoms with E-state index in [1.165, 1.54) is 36.0 Å². The zero-order valence-corrected chi connectivity index (χ0v) is 18.1. The number of nitrogens with zero attached hydrogens (tertiary/aromatic N) is 4. The van der Waals surface area contributed by atoms with Gasteiger partial charge in [0.2, 0.25) is 5.91 Å². The second-order valence-electron chi connectivity index (χ2n) is 6.63. The van der Waals surface area contributed by atoms with Crippen molar-refractivity contribution in [2.75, 3.05) is 17.7 Å².